The van der Waals surface area contributed by atoms with Crippen molar-refractivity contribution >= 4 is 22.4 Å². The van der Waals surface area contributed by atoms with Gasteiger partial charge in [-0.25, -0.2) is 4.98 Å². The minimum Gasteiger partial charge on any atom is -0.507 e. The minimum atomic E-state index is -1.03. The summed E-state index contributed by atoms with van der Waals surface area (Å²) in [4.78, 5) is 21.6. The Kier molecular flexibility index (Phi) is 4.72. The molecule has 3 aromatic rings. The third-order valence-corrected chi connectivity index (χ3v) is 3.83. The summed E-state index contributed by atoms with van der Waals surface area (Å²) in [5.74, 6) is -0.780. The molecular formula is C18H15N5O4. The highest BCUT2D eigenvalue weighted by molar-refractivity contribution is 5.82. The number of aromatic amines is 1. The van der Waals surface area contributed by atoms with Crippen LogP contribution in [-0.4, -0.2) is 31.1 Å². The van der Waals surface area contributed by atoms with Gasteiger partial charge in [0.15, 0.2) is 17.7 Å². The molecule has 2 heterocycles. The molecule has 0 radical (unpaired) electrons. The van der Waals surface area contributed by atoms with Gasteiger partial charge in [-0.05, 0) is 41.1 Å². The number of nitrogens with one attached hydrogen (secondary N) is 1. The third kappa shape index (κ3) is 3.55. The van der Waals surface area contributed by atoms with Crippen LogP contribution in [-0.2, 0) is 0 Å². The van der Waals surface area contributed by atoms with Gasteiger partial charge in [0.05, 0.1) is 11.0 Å². The Balaban J connectivity index is 1.96. The Labute approximate surface area is 153 Å². The van der Waals surface area contributed by atoms with Gasteiger partial charge < -0.3 is 24.9 Å². The summed E-state index contributed by atoms with van der Waals surface area (Å²) < 4.78 is 5.50. The van der Waals surface area contributed by atoms with E-state index >= 15 is 0 Å². The molecule has 9 nitrogen and oxygen atoms in total. The number of pyridine rings is 1. The number of ether oxygens (including phenoxy) is 1. The van der Waals surface area contributed by atoms with E-state index in [4.69, 9.17) is 4.74 Å². The van der Waals surface area contributed by atoms with Crippen molar-refractivity contribution in [2.45, 2.75) is 20.0 Å². The van der Waals surface area contributed by atoms with Crippen LogP contribution in [0.3, 0.4) is 0 Å². The van der Waals surface area contributed by atoms with E-state index in [9.17, 15) is 20.5 Å². The normalized spacial score (nSPS) is 12.9. The van der Waals surface area contributed by atoms with Crippen LogP contribution in [0.2, 0.25) is 0 Å². The van der Waals surface area contributed by atoms with Crippen molar-refractivity contribution in [3.8, 4) is 11.8 Å². The SMILES string of the molecule is Cc1ccc(O[C@H](C)/C(O)=C(\C#N)c2nc3ccccc3[nH]2)c([N+](=O)[O-])n1. The summed E-state index contributed by atoms with van der Waals surface area (Å²) in [6, 6.07) is 12.0. The van der Waals surface area contributed by atoms with E-state index in [2.05, 4.69) is 15.0 Å². The number of aryl methyl sites for hydroxylation is 1. The molecule has 27 heavy (non-hydrogen) atoms. The summed E-state index contributed by atoms with van der Waals surface area (Å²) in [5, 5.41) is 31.1. The molecule has 0 unspecified atom stereocenters. The number of allylic oxidation sites excluding steroid dienone is 1. The lowest BCUT2D eigenvalue weighted by molar-refractivity contribution is -0.390. The number of benzene rings is 1. The first kappa shape index (κ1) is 17.9. The van der Waals surface area contributed by atoms with E-state index in [1.807, 2.05) is 12.1 Å². The average Bonchev–Trinajstić information content (AvgIpc) is 3.07. The van der Waals surface area contributed by atoms with Gasteiger partial charge in [0.25, 0.3) is 0 Å². The van der Waals surface area contributed by atoms with E-state index in [1.54, 1.807) is 31.2 Å². The van der Waals surface area contributed by atoms with Gasteiger partial charge in [-0.2, -0.15) is 5.26 Å². The lowest BCUT2D eigenvalue weighted by Gasteiger charge is -2.14. The molecule has 0 amide bonds. The molecule has 3 rings (SSSR count). The van der Waals surface area contributed by atoms with E-state index in [-0.39, 0.29) is 17.1 Å². The summed E-state index contributed by atoms with van der Waals surface area (Å²) in [6.07, 6.45) is -1.03. The summed E-state index contributed by atoms with van der Waals surface area (Å²) >= 11 is 0. The van der Waals surface area contributed by atoms with Crippen LogP contribution in [0.1, 0.15) is 18.4 Å². The van der Waals surface area contributed by atoms with Gasteiger partial charge in [-0.3, -0.25) is 0 Å². The fraction of sp³-hybridized carbons (Fsp3) is 0.167. The predicted molar refractivity (Wildman–Crippen MR) is 97.0 cm³/mol. The number of aliphatic hydroxyl groups excluding tert-OH is 1. The Morgan fingerprint density at radius 2 is 2.07 bits per heavy atom. The van der Waals surface area contributed by atoms with E-state index in [0.717, 1.165) is 0 Å². The van der Waals surface area contributed by atoms with Crippen molar-refractivity contribution in [2.75, 3.05) is 0 Å². The number of H-pyrrole nitrogens is 1. The van der Waals surface area contributed by atoms with Gasteiger partial charge in [0, 0.05) is 6.92 Å². The molecule has 2 aromatic heterocycles. The maximum absolute atomic E-state index is 11.2. The fourth-order valence-electron chi connectivity index (χ4n) is 2.51. The first-order valence-electron chi connectivity index (χ1n) is 7.97. The number of aliphatic hydroxyl groups is 1. The lowest BCUT2D eigenvalue weighted by Crippen LogP contribution is -2.17. The Bertz CT molecular complexity index is 1060. The number of fused-ring (bicyclic) bond motifs is 1. The number of nitro groups is 1. The minimum absolute atomic E-state index is 0.105. The molecule has 0 aliphatic carbocycles. The number of nitrogens with zero attached hydrogens (tertiary/aromatic N) is 4. The van der Waals surface area contributed by atoms with Gasteiger partial charge in [-0.1, -0.05) is 12.1 Å². The number of para-hydroxylation sites is 2. The van der Waals surface area contributed by atoms with Crippen molar-refractivity contribution in [1.29, 1.82) is 5.26 Å². The average molecular weight is 365 g/mol. The predicted octanol–water partition coefficient (Wildman–Crippen LogP) is 3.43. The van der Waals surface area contributed by atoms with Crippen LogP contribution in [0, 0.1) is 28.4 Å². The number of hydrogen-bond acceptors (Lipinski definition) is 7. The monoisotopic (exact) mass is 365 g/mol. The van der Waals surface area contributed by atoms with Crippen molar-refractivity contribution < 1.29 is 14.8 Å². The third-order valence-electron chi connectivity index (χ3n) is 3.83. The highest BCUT2D eigenvalue weighted by atomic mass is 16.6. The molecule has 0 saturated heterocycles. The second-order valence-corrected chi connectivity index (χ2v) is 5.77. The number of hydrogen-bond donors (Lipinski definition) is 2. The molecule has 136 valence electrons. The maximum Gasteiger partial charge on any atom is 0.406 e. The Morgan fingerprint density at radius 3 is 2.74 bits per heavy atom. The molecule has 0 fully saturated rings. The Morgan fingerprint density at radius 1 is 1.33 bits per heavy atom. The second kappa shape index (κ2) is 7.13. The molecule has 1 aromatic carbocycles. The van der Waals surface area contributed by atoms with Crippen molar-refractivity contribution in [1.82, 2.24) is 15.0 Å². The zero-order chi connectivity index (χ0) is 19.6. The van der Waals surface area contributed by atoms with Gasteiger partial charge in [0.1, 0.15) is 17.3 Å². The quantitative estimate of drug-likeness (QED) is 0.306. The summed E-state index contributed by atoms with van der Waals surface area (Å²) in [6.45, 7) is 3.09. The number of nitriles is 1. The van der Waals surface area contributed by atoms with Crippen LogP contribution in [0.5, 0.6) is 5.75 Å². The van der Waals surface area contributed by atoms with Crippen LogP contribution in [0.15, 0.2) is 42.2 Å². The molecule has 1 atom stereocenters. The van der Waals surface area contributed by atoms with Gasteiger partial charge in [0.2, 0.25) is 5.75 Å². The highest BCUT2D eigenvalue weighted by Crippen LogP contribution is 2.28. The molecule has 0 aliphatic heterocycles. The lowest BCUT2D eigenvalue weighted by atomic mass is 10.1. The van der Waals surface area contributed by atoms with Gasteiger partial charge >= 0.3 is 5.82 Å². The molecule has 0 aliphatic rings. The summed E-state index contributed by atoms with van der Waals surface area (Å²) in [5.41, 5.74) is 1.70. The first-order valence-corrected chi connectivity index (χ1v) is 7.97. The van der Waals surface area contributed by atoms with Crippen molar-refractivity contribution in [3.63, 3.8) is 0 Å². The molecular weight excluding hydrogens is 350 g/mol. The largest absolute Gasteiger partial charge is 0.507 e. The van der Waals surface area contributed by atoms with Crippen LogP contribution in [0.25, 0.3) is 16.6 Å². The van der Waals surface area contributed by atoms with Gasteiger partial charge in [-0.15, -0.1) is 0 Å². The van der Waals surface area contributed by atoms with Crippen LogP contribution in [0.4, 0.5) is 5.82 Å². The standard InChI is InChI=1S/C18H15N5O4/c1-10-7-8-15(18(20-10)23(25)26)27-11(2)16(24)12(9-19)17-21-13-5-3-4-6-14(13)22-17/h3-8,11,24H,1-2H3,(H,21,22)/b16-12-/t11-/m1/s1. The first-order chi connectivity index (χ1) is 12.9. The topological polar surface area (TPSA) is 138 Å². The second-order valence-electron chi connectivity index (χ2n) is 5.77. The van der Waals surface area contributed by atoms with Crippen LogP contribution < -0.4 is 4.74 Å². The summed E-state index contributed by atoms with van der Waals surface area (Å²) in [7, 11) is 0. The van der Waals surface area contributed by atoms with Crippen molar-refractivity contribution in [2.24, 2.45) is 0 Å². The molecule has 9 heteroatoms. The van der Waals surface area contributed by atoms with Crippen molar-refractivity contribution in [3.05, 3.63) is 63.8 Å². The maximum atomic E-state index is 11.2. The smallest absolute Gasteiger partial charge is 0.406 e. The number of rotatable bonds is 5. The molecule has 0 saturated carbocycles. The highest BCUT2D eigenvalue weighted by Gasteiger charge is 2.24. The zero-order valence-electron chi connectivity index (χ0n) is 14.5. The molecule has 0 spiro atoms. The van der Waals surface area contributed by atoms with E-state index < -0.39 is 22.6 Å². The zero-order valence-corrected chi connectivity index (χ0v) is 14.5. The number of aromatic nitrogens is 3. The fourth-order valence-corrected chi connectivity index (χ4v) is 2.51. The Hall–Kier alpha value is -3.93. The molecule has 2 N–H and O–H groups in total. The molecule has 0 bridgehead atoms. The van der Waals surface area contributed by atoms with E-state index in [1.165, 1.54) is 13.0 Å². The van der Waals surface area contributed by atoms with E-state index in [0.29, 0.717) is 16.7 Å². The number of imidazole rings is 1. The van der Waals surface area contributed by atoms with Crippen LogP contribution >= 0.6 is 0 Å².